The number of aromatic nitrogens is 1. The fourth-order valence-corrected chi connectivity index (χ4v) is 2.37. The molecule has 0 atom stereocenters. The van der Waals surface area contributed by atoms with E-state index in [4.69, 9.17) is 11.6 Å². The molecule has 3 nitrogen and oxygen atoms in total. The fourth-order valence-electron chi connectivity index (χ4n) is 2.24. The van der Waals surface area contributed by atoms with Crippen LogP contribution in [0.15, 0.2) is 71.7 Å². The molecular formula is C18H11ClN2O. The zero-order valence-electron chi connectivity index (χ0n) is 11.5. The van der Waals surface area contributed by atoms with Gasteiger partial charge in [-0.2, -0.15) is 5.26 Å². The highest BCUT2D eigenvalue weighted by molar-refractivity contribution is 6.30. The number of rotatable bonds is 2. The zero-order chi connectivity index (χ0) is 15.5. The number of hydrogen-bond donors (Lipinski definition) is 0. The minimum Gasteiger partial charge on any atom is -0.283 e. The Kier molecular flexibility index (Phi) is 3.78. The van der Waals surface area contributed by atoms with Gasteiger partial charge in [0, 0.05) is 16.9 Å². The number of hydrogen-bond acceptors (Lipinski definition) is 2. The first-order valence-corrected chi connectivity index (χ1v) is 7.05. The first-order chi connectivity index (χ1) is 10.7. The molecule has 0 bridgehead atoms. The molecule has 0 radical (unpaired) electrons. The number of nitrogens with zero attached hydrogens (tertiary/aromatic N) is 2. The van der Waals surface area contributed by atoms with Gasteiger partial charge in [0.1, 0.15) is 11.6 Å². The van der Waals surface area contributed by atoms with Crippen LogP contribution in [0.1, 0.15) is 5.56 Å². The molecule has 1 heterocycles. The van der Waals surface area contributed by atoms with Crippen molar-refractivity contribution in [3.8, 4) is 22.9 Å². The Balaban J connectivity index is 2.24. The van der Waals surface area contributed by atoms with Gasteiger partial charge in [-0.15, -0.1) is 0 Å². The molecule has 22 heavy (non-hydrogen) atoms. The van der Waals surface area contributed by atoms with Crippen LogP contribution in [0.2, 0.25) is 5.02 Å². The summed E-state index contributed by atoms with van der Waals surface area (Å²) >= 11 is 5.88. The van der Waals surface area contributed by atoms with E-state index in [1.807, 2.05) is 36.4 Å². The molecule has 0 unspecified atom stereocenters. The highest BCUT2D eigenvalue weighted by Crippen LogP contribution is 2.20. The summed E-state index contributed by atoms with van der Waals surface area (Å²) < 4.78 is 1.47. The lowest BCUT2D eigenvalue weighted by Crippen LogP contribution is -2.20. The number of benzene rings is 2. The lowest BCUT2D eigenvalue weighted by molar-refractivity contribution is 0.984. The van der Waals surface area contributed by atoms with Crippen molar-refractivity contribution in [2.45, 2.75) is 0 Å². The van der Waals surface area contributed by atoms with Crippen LogP contribution >= 0.6 is 11.6 Å². The van der Waals surface area contributed by atoms with Crippen molar-refractivity contribution in [2.75, 3.05) is 0 Å². The topological polar surface area (TPSA) is 45.8 Å². The van der Waals surface area contributed by atoms with E-state index in [-0.39, 0.29) is 11.1 Å². The molecule has 0 N–H and O–H groups in total. The molecule has 0 spiro atoms. The molecule has 3 rings (SSSR count). The van der Waals surface area contributed by atoms with E-state index in [1.54, 1.807) is 36.5 Å². The summed E-state index contributed by atoms with van der Waals surface area (Å²) in [6.45, 7) is 0. The molecule has 0 aliphatic carbocycles. The number of halogens is 1. The molecule has 2 aromatic carbocycles. The summed E-state index contributed by atoms with van der Waals surface area (Å²) in [5, 5.41) is 9.81. The Morgan fingerprint density at radius 3 is 2.27 bits per heavy atom. The standard InChI is InChI=1S/C18H11ClN2O/c19-16-6-8-17(9-7-16)21-12-15(10-14(11-20)18(21)22)13-4-2-1-3-5-13/h1-10,12H. The third-order valence-corrected chi connectivity index (χ3v) is 3.60. The van der Waals surface area contributed by atoms with Crippen LogP contribution in [0.3, 0.4) is 0 Å². The lowest BCUT2D eigenvalue weighted by atomic mass is 10.1. The van der Waals surface area contributed by atoms with Crippen molar-refractivity contribution < 1.29 is 0 Å². The van der Waals surface area contributed by atoms with E-state index < -0.39 is 0 Å². The van der Waals surface area contributed by atoms with Gasteiger partial charge in [-0.05, 0) is 41.5 Å². The van der Waals surface area contributed by atoms with Crippen molar-refractivity contribution in [1.82, 2.24) is 4.57 Å². The average Bonchev–Trinajstić information content (AvgIpc) is 2.57. The van der Waals surface area contributed by atoms with Crippen LogP contribution in [-0.2, 0) is 0 Å². The predicted molar refractivity (Wildman–Crippen MR) is 87.2 cm³/mol. The second kappa shape index (κ2) is 5.88. The molecule has 106 valence electrons. The van der Waals surface area contributed by atoms with E-state index in [1.165, 1.54) is 4.57 Å². The molecule has 3 aromatic rings. The van der Waals surface area contributed by atoms with Crippen LogP contribution in [-0.4, -0.2) is 4.57 Å². The van der Waals surface area contributed by atoms with Crippen molar-refractivity contribution in [3.05, 3.63) is 87.8 Å². The fraction of sp³-hybridized carbons (Fsp3) is 0. The van der Waals surface area contributed by atoms with E-state index in [0.29, 0.717) is 10.7 Å². The second-order valence-electron chi connectivity index (χ2n) is 4.77. The molecule has 0 aliphatic rings. The number of pyridine rings is 1. The minimum atomic E-state index is -0.343. The van der Waals surface area contributed by atoms with Crippen LogP contribution < -0.4 is 5.56 Å². The van der Waals surface area contributed by atoms with E-state index in [0.717, 1.165) is 11.1 Å². The van der Waals surface area contributed by atoms with Gasteiger partial charge in [0.05, 0.1) is 0 Å². The van der Waals surface area contributed by atoms with E-state index >= 15 is 0 Å². The molecule has 0 fully saturated rings. The van der Waals surface area contributed by atoms with Gasteiger partial charge in [0.15, 0.2) is 0 Å². The second-order valence-corrected chi connectivity index (χ2v) is 5.21. The Labute approximate surface area is 132 Å². The largest absolute Gasteiger partial charge is 0.283 e. The first kappa shape index (κ1) is 14.1. The van der Waals surface area contributed by atoms with Gasteiger partial charge in [0.25, 0.3) is 5.56 Å². The molecule has 4 heteroatoms. The first-order valence-electron chi connectivity index (χ1n) is 6.67. The van der Waals surface area contributed by atoms with Gasteiger partial charge in [-0.25, -0.2) is 0 Å². The maximum atomic E-state index is 12.4. The monoisotopic (exact) mass is 306 g/mol. The lowest BCUT2D eigenvalue weighted by Gasteiger charge is -2.10. The Hall–Kier alpha value is -2.83. The predicted octanol–water partition coefficient (Wildman–Crippen LogP) is 4.03. The normalized spacial score (nSPS) is 10.2. The zero-order valence-corrected chi connectivity index (χ0v) is 12.3. The molecule has 1 aromatic heterocycles. The maximum Gasteiger partial charge on any atom is 0.273 e. The van der Waals surface area contributed by atoms with Gasteiger partial charge in [0.2, 0.25) is 0 Å². The van der Waals surface area contributed by atoms with Gasteiger partial charge >= 0.3 is 0 Å². The smallest absolute Gasteiger partial charge is 0.273 e. The third-order valence-electron chi connectivity index (χ3n) is 3.35. The third kappa shape index (κ3) is 2.65. The maximum absolute atomic E-state index is 12.4. The highest BCUT2D eigenvalue weighted by Gasteiger charge is 2.09. The summed E-state index contributed by atoms with van der Waals surface area (Å²) in [5.41, 5.74) is 2.19. The van der Waals surface area contributed by atoms with Crippen molar-refractivity contribution in [3.63, 3.8) is 0 Å². The molecule has 0 aliphatic heterocycles. The van der Waals surface area contributed by atoms with E-state index in [9.17, 15) is 10.1 Å². The van der Waals surface area contributed by atoms with Gasteiger partial charge in [-0.1, -0.05) is 41.9 Å². The minimum absolute atomic E-state index is 0.108. The van der Waals surface area contributed by atoms with Gasteiger partial charge in [-0.3, -0.25) is 9.36 Å². The molecule has 0 saturated carbocycles. The number of nitriles is 1. The molecular weight excluding hydrogens is 296 g/mol. The highest BCUT2D eigenvalue weighted by atomic mass is 35.5. The van der Waals surface area contributed by atoms with Crippen LogP contribution in [0, 0.1) is 11.3 Å². The summed E-state index contributed by atoms with van der Waals surface area (Å²) in [7, 11) is 0. The quantitative estimate of drug-likeness (QED) is 0.717. The van der Waals surface area contributed by atoms with Crippen molar-refractivity contribution in [2.24, 2.45) is 0 Å². The molecule has 0 saturated heterocycles. The Morgan fingerprint density at radius 1 is 0.955 bits per heavy atom. The summed E-state index contributed by atoms with van der Waals surface area (Å²) in [4.78, 5) is 12.4. The average molecular weight is 307 g/mol. The SMILES string of the molecule is N#Cc1cc(-c2ccccc2)cn(-c2ccc(Cl)cc2)c1=O. The van der Waals surface area contributed by atoms with Gasteiger partial charge < -0.3 is 0 Å². The summed E-state index contributed by atoms with van der Waals surface area (Å²) in [5.74, 6) is 0. The molecule has 0 amide bonds. The Bertz CT molecular complexity index is 907. The van der Waals surface area contributed by atoms with E-state index in [2.05, 4.69) is 0 Å². The van der Waals surface area contributed by atoms with Crippen LogP contribution in [0.4, 0.5) is 0 Å². The summed E-state index contributed by atoms with van der Waals surface area (Å²) in [6.07, 6.45) is 1.74. The van der Waals surface area contributed by atoms with Crippen LogP contribution in [0.5, 0.6) is 0 Å². The van der Waals surface area contributed by atoms with Crippen molar-refractivity contribution in [1.29, 1.82) is 5.26 Å². The Morgan fingerprint density at radius 2 is 1.64 bits per heavy atom. The van der Waals surface area contributed by atoms with Crippen molar-refractivity contribution >= 4 is 11.6 Å². The van der Waals surface area contributed by atoms with Crippen LogP contribution in [0.25, 0.3) is 16.8 Å². The summed E-state index contributed by atoms with van der Waals surface area (Å²) in [6, 6.07) is 20.1.